The fourth-order valence-corrected chi connectivity index (χ4v) is 4.04. The lowest BCUT2D eigenvalue weighted by Crippen LogP contribution is -2.23. The molecule has 1 heteroatoms. The van der Waals surface area contributed by atoms with Gasteiger partial charge in [0, 0.05) is 6.04 Å². The second-order valence-electron chi connectivity index (χ2n) is 6.22. The minimum Gasteiger partial charge on any atom is -0.310 e. The van der Waals surface area contributed by atoms with Crippen LogP contribution in [-0.2, 0) is 0 Å². The van der Waals surface area contributed by atoms with Gasteiger partial charge < -0.3 is 5.32 Å². The van der Waals surface area contributed by atoms with Crippen LogP contribution in [0.25, 0.3) is 16.8 Å². The Balaban J connectivity index is 1.62. The molecule has 0 aromatic heterocycles. The van der Waals surface area contributed by atoms with E-state index in [1.807, 2.05) is 0 Å². The van der Waals surface area contributed by atoms with Gasteiger partial charge in [-0.1, -0.05) is 61.0 Å². The van der Waals surface area contributed by atoms with Crippen molar-refractivity contribution >= 4 is 16.8 Å². The summed E-state index contributed by atoms with van der Waals surface area (Å²) in [5.41, 5.74) is 1.34. The standard InChI is InChI=1S/C19H21N/c1-2-9-17-14(5-1)6-3-7-15(17)11-12-19-18-10-4-8-16(18)13-20-19/h1-3,5-7,9,11-12,16,18-20H,4,8,10,13H2/b12-11+. The number of rotatable bonds is 2. The monoisotopic (exact) mass is 263 g/mol. The minimum absolute atomic E-state index is 0.585. The van der Waals surface area contributed by atoms with Crippen molar-refractivity contribution in [2.45, 2.75) is 25.3 Å². The molecule has 0 amide bonds. The van der Waals surface area contributed by atoms with E-state index in [9.17, 15) is 0 Å². The van der Waals surface area contributed by atoms with Crippen LogP contribution in [0.1, 0.15) is 24.8 Å². The molecular weight excluding hydrogens is 242 g/mol. The first-order valence-corrected chi connectivity index (χ1v) is 7.81. The smallest absolute Gasteiger partial charge is 0.0284 e. The van der Waals surface area contributed by atoms with Crippen molar-refractivity contribution in [3.05, 3.63) is 54.1 Å². The zero-order chi connectivity index (χ0) is 13.4. The van der Waals surface area contributed by atoms with E-state index in [0.29, 0.717) is 6.04 Å². The topological polar surface area (TPSA) is 12.0 Å². The van der Waals surface area contributed by atoms with Gasteiger partial charge in [-0.25, -0.2) is 0 Å². The van der Waals surface area contributed by atoms with Gasteiger partial charge in [-0.2, -0.15) is 0 Å². The average Bonchev–Trinajstić information content (AvgIpc) is 3.09. The normalized spacial score (nSPS) is 29.3. The van der Waals surface area contributed by atoms with Crippen molar-refractivity contribution in [2.24, 2.45) is 11.8 Å². The quantitative estimate of drug-likeness (QED) is 0.854. The van der Waals surface area contributed by atoms with Crippen molar-refractivity contribution in [3.8, 4) is 0 Å². The molecule has 3 unspecified atom stereocenters. The molecule has 1 N–H and O–H groups in total. The molecule has 2 aromatic rings. The molecule has 1 saturated heterocycles. The highest BCUT2D eigenvalue weighted by Gasteiger charge is 2.37. The van der Waals surface area contributed by atoms with E-state index in [4.69, 9.17) is 0 Å². The lowest BCUT2D eigenvalue weighted by Gasteiger charge is -2.14. The second kappa shape index (κ2) is 5.06. The van der Waals surface area contributed by atoms with Gasteiger partial charge >= 0.3 is 0 Å². The van der Waals surface area contributed by atoms with Crippen molar-refractivity contribution < 1.29 is 0 Å². The van der Waals surface area contributed by atoms with Gasteiger partial charge in [0.15, 0.2) is 0 Å². The summed E-state index contributed by atoms with van der Waals surface area (Å²) >= 11 is 0. The molecular formula is C19H21N. The third kappa shape index (κ3) is 2.06. The average molecular weight is 263 g/mol. The van der Waals surface area contributed by atoms with E-state index in [1.165, 1.54) is 42.1 Å². The lowest BCUT2D eigenvalue weighted by atomic mass is 9.93. The van der Waals surface area contributed by atoms with Gasteiger partial charge in [0.2, 0.25) is 0 Å². The highest BCUT2D eigenvalue weighted by Crippen LogP contribution is 2.38. The SMILES string of the molecule is C(=C\C1NCC2CCCC21)/c1cccc2ccccc12. The molecule has 102 valence electrons. The van der Waals surface area contributed by atoms with Gasteiger partial charge in [-0.3, -0.25) is 0 Å². The summed E-state index contributed by atoms with van der Waals surface area (Å²) < 4.78 is 0. The molecule has 1 nitrogen and oxygen atoms in total. The first-order chi connectivity index (χ1) is 9.92. The van der Waals surface area contributed by atoms with Gasteiger partial charge in [0.25, 0.3) is 0 Å². The fourth-order valence-electron chi connectivity index (χ4n) is 4.04. The van der Waals surface area contributed by atoms with Gasteiger partial charge in [0.05, 0.1) is 0 Å². The summed E-state index contributed by atoms with van der Waals surface area (Å²) in [6.45, 7) is 1.22. The minimum atomic E-state index is 0.585. The Morgan fingerprint density at radius 2 is 1.90 bits per heavy atom. The van der Waals surface area contributed by atoms with E-state index in [1.54, 1.807) is 0 Å². The molecule has 2 aromatic carbocycles. The Morgan fingerprint density at radius 1 is 1.00 bits per heavy atom. The van der Waals surface area contributed by atoms with Crippen molar-refractivity contribution in [2.75, 3.05) is 6.54 Å². The fraction of sp³-hybridized carbons (Fsp3) is 0.368. The Bertz CT molecular complexity index is 638. The van der Waals surface area contributed by atoms with Crippen LogP contribution in [0.2, 0.25) is 0 Å². The molecule has 0 spiro atoms. The molecule has 20 heavy (non-hydrogen) atoms. The van der Waals surface area contributed by atoms with Gasteiger partial charge in [0.1, 0.15) is 0 Å². The van der Waals surface area contributed by atoms with Crippen LogP contribution in [0.5, 0.6) is 0 Å². The number of hydrogen-bond acceptors (Lipinski definition) is 1. The maximum atomic E-state index is 3.69. The largest absolute Gasteiger partial charge is 0.310 e. The Labute approximate surface area is 120 Å². The summed E-state index contributed by atoms with van der Waals surface area (Å²) in [6, 6.07) is 15.8. The Hall–Kier alpha value is -1.60. The molecule has 2 aliphatic rings. The summed E-state index contributed by atoms with van der Waals surface area (Å²) in [5.74, 6) is 1.80. The number of fused-ring (bicyclic) bond motifs is 2. The van der Waals surface area contributed by atoms with Crippen LogP contribution >= 0.6 is 0 Å². The van der Waals surface area contributed by atoms with Crippen LogP contribution < -0.4 is 5.32 Å². The van der Waals surface area contributed by atoms with Gasteiger partial charge in [-0.15, -0.1) is 0 Å². The Kier molecular flexibility index (Phi) is 3.08. The van der Waals surface area contributed by atoms with E-state index in [0.717, 1.165) is 11.8 Å². The molecule has 2 fully saturated rings. The molecule has 1 heterocycles. The molecule has 3 atom stereocenters. The summed E-state index contributed by atoms with van der Waals surface area (Å²) in [7, 11) is 0. The predicted octanol–water partition coefficient (Wildman–Crippen LogP) is 4.24. The highest BCUT2D eigenvalue weighted by molar-refractivity contribution is 5.90. The molecule has 1 saturated carbocycles. The van der Waals surface area contributed by atoms with Gasteiger partial charge in [-0.05, 0) is 47.6 Å². The summed E-state index contributed by atoms with van der Waals surface area (Å²) in [6.07, 6.45) is 8.98. The van der Waals surface area contributed by atoms with Crippen LogP contribution in [0, 0.1) is 11.8 Å². The van der Waals surface area contributed by atoms with Crippen LogP contribution in [0.3, 0.4) is 0 Å². The number of hydrogen-bond donors (Lipinski definition) is 1. The van der Waals surface area contributed by atoms with Crippen molar-refractivity contribution in [1.29, 1.82) is 0 Å². The zero-order valence-electron chi connectivity index (χ0n) is 11.8. The summed E-state index contributed by atoms with van der Waals surface area (Å²) in [5, 5.41) is 6.37. The number of nitrogens with one attached hydrogen (secondary N) is 1. The maximum Gasteiger partial charge on any atom is 0.0284 e. The van der Waals surface area contributed by atoms with E-state index >= 15 is 0 Å². The van der Waals surface area contributed by atoms with E-state index in [-0.39, 0.29) is 0 Å². The highest BCUT2D eigenvalue weighted by atomic mass is 15.0. The second-order valence-corrected chi connectivity index (χ2v) is 6.22. The molecule has 0 bridgehead atoms. The lowest BCUT2D eigenvalue weighted by molar-refractivity contribution is 0.456. The third-order valence-corrected chi connectivity index (χ3v) is 5.10. The molecule has 1 aliphatic heterocycles. The number of benzene rings is 2. The van der Waals surface area contributed by atoms with Crippen LogP contribution in [0.4, 0.5) is 0 Å². The molecule has 4 rings (SSSR count). The first-order valence-electron chi connectivity index (χ1n) is 7.81. The Morgan fingerprint density at radius 3 is 2.90 bits per heavy atom. The van der Waals surface area contributed by atoms with Crippen LogP contribution in [-0.4, -0.2) is 12.6 Å². The van der Waals surface area contributed by atoms with E-state index < -0.39 is 0 Å². The molecule has 1 aliphatic carbocycles. The zero-order valence-corrected chi connectivity index (χ0v) is 11.8. The van der Waals surface area contributed by atoms with Crippen molar-refractivity contribution in [1.82, 2.24) is 5.32 Å². The maximum absolute atomic E-state index is 3.69. The van der Waals surface area contributed by atoms with E-state index in [2.05, 4.69) is 59.9 Å². The van der Waals surface area contributed by atoms with Crippen LogP contribution in [0.15, 0.2) is 48.5 Å². The molecule has 0 radical (unpaired) electrons. The summed E-state index contributed by atoms with van der Waals surface area (Å²) in [4.78, 5) is 0. The predicted molar refractivity (Wildman–Crippen MR) is 85.6 cm³/mol. The van der Waals surface area contributed by atoms with Crippen molar-refractivity contribution in [3.63, 3.8) is 0 Å². The third-order valence-electron chi connectivity index (χ3n) is 5.10. The first kappa shape index (κ1) is 12.2.